The van der Waals surface area contributed by atoms with E-state index in [-0.39, 0.29) is 0 Å². The van der Waals surface area contributed by atoms with Gasteiger partial charge in [-0.15, -0.1) is 0 Å². The highest BCUT2D eigenvalue weighted by Gasteiger charge is 2.48. The maximum atomic E-state index is 5.52. The van der Waals surface area contributed by atoms with Gasteiger partial charge in [-0.25, -0.2) is 0 Å². The number of rotatable bonds is 4. The lowest BCUT2D eigenvalue weighted by Crippen LogP contribution is -2.51. The van der Waals surface area contributed by atoms with E-state index in [1.807, 2.05) is 12.1 Å². The van der Waals surface area contributed by atoms with Crippen molar-refractivity contribution in [2.45, 2.75) is 38.1 Å². The summed E-state index contributed by atoms with van der Waals surface area (Å²) in [6, 6.07) is 6.65. The van der Waals surface area contributed by atoms with Crippen molar-refractivity contribution < 1.29 is 9.47 Å². The normalized spacial score (nSPS) is 36.6. The van der Waals surface area contributed by atoms with E-state index in [1.54, 1.807) is 14.2 Å². The standard InChI is InChI=1S/C18H25NO2/c1-20-15-3-4-17(21-2)16(10-15)19-18-13-6-11-5-12(8-13)9-14(18)7-11/h3-4,10-14,18-19H,5-9H2,1-2H3. The molecule has 0 spiro atoms. The van der Waals surface area contributed by atoms with E-state index in [0.717, 1.165) is 40.9 Å². The van der Waals surface area contributed by atoms with Crippen molar-refractivity contribution in [1.82, 2.24) is 0 Å². The van der Waals surface area contributed by atoms with E-state index in [4.69, 9.17) is 9.47 Å². The molecule has 0 atom stereocenters. The molecule has 3 nitrogen and oxygen atoms in total. The van der Waals surface area contributed by atoms with Crippen LogP contribution in [0.25, 0.3) is 0 Å². The molecule has 0 heterocycles. The minimum absolute atomic E-state index is 0.624. The molecule has 3 heteroatoms. The number of benzene rings is 1. The van der Waals surface area contributed by atoms with Crippen LogP contribution in [-0.4, -0.2) is 20.3 Å². The predicted molar refractivity (Wildman–Crippen MR) is 84.0 cm³/mol. The molecular weight excluding hydrogens is 262 g/mol. The molecule has 1 aromatic rings. The first-order valence-electron chi connectivity index (χ1n) is 8.25. The lowest BCUT2D eigenvalue weighted by molar-refractivity contribution is 0.00747. The number of nitrogens with one attached hydrogen (secondary N) is 1. The molecule has 1 aromatic carbocycles. The zero-order valence-corrected chi connectivity index (χ0v) is 13.0. The Balaban J connectivity index is 1.58. The third kappa shape index (κ3) is 2.27. The van der Waals surface area contributed by atoms with Crippen molar-refractivity contribution in [3.8, 4) is 11.5 Å². The van der Waals surface area contributed by atoms with Crippen molar-refractivity contribution in [3.05, 3.63) is 18.2 Å². The van der Waals surface area contributed by atoms with E-state index in [1.165, 1.54) is 32.1 Å². The SMILES string of the molecule is COc1ccc(OC)c(NC2C3CC4CC(C3)CC2C4)c1. The van der Waals surface area contributed by atoms with Crippen molar-refractivity contribution in [1.29, 1.82) is 0 Å². The van der Waals surface area contributed by atoms with Gasteiger partial charge >= 0.3 is 0 Å². The lowest BCUT2D eigenvalue weighted by atomic mass is 9.54. The fourth-order valence-electron chi connectivity index (χ4n) is 5.27. The first kappa shape index (κ1) is 13.3. The smallest absolute Gasteiger partial charge is 0.142 e. The fourth-order valence-corrected chi connectivity index (χ4v) is 5.27. The highest BCUT2D eigenvalue weighted by Crippen LogP contribution is 2.54. The second-order valence-corrected chi connectivity index (χ2v) is 7.17. The number of hydrogen-bond acceptors (Lipinski definition) is 3. The Morgan fingerprint density at radius 2 is 1.57 bits per heavy atom. The Morgan fingerprint density at radius 1 is 0.905 bits per heavy atom. The first-order chi connectivity index (χ1) is 10.3. The zero-order chi connectivity index (χ0) is 14.4. The molecule has 4 fully saturated rings. The van der Waals surface area contributed by atoms with Gasteiger partial charge in [0, 0.05) is 12.1 Å². The summed E-state index contributed by atoms with van der Waals surface area (Å²) in [6.07, 6.45) is 7.21. The lowest BCUT2D eigenvalue weighted by Gasteiger charge is -2.54. The molecule has 0 amide bonds. The van der Waals surface area contributed by atoms with Crippen LogP contribution in [0.5, 0.6) is 11.5 Å². The van der Waals surface area contributed by atoms with Crippen LogP contribution in [-0.2, 0) is 0 Å². The molecule has 4 aliphatic carbocycles. The van der Waals surface area contributed by atoms with Crippen LogP contribution in [0.2, 0.25) is 0 Å². The summed E-state index contributed by atoms with van der Waals surface area (Å²) in [5, 5.41) is 3.81. The molecule has 4 saturated carbocycles. The van der Waals surface area contributed by atoms with Crippen molar-refractivity contribution in [2.75, 3.05) is 19.5 Å². The van der Waals surface area contributed by atoms with Crippen LogP contribution in [0.4, 0.5) is 5.69 Å². The van der Waals surface area contributed by atoms with Crippen molar-refractivity contribution >= 4 is 5.69 Å². The molecule has 0 aliphatic heterocycles. The average Bonchev–Trinajstić information content (AvgIpc) is 2.50. The monoisotopic (exact) mass is 287 g/mol. The summed E-state index contributed by atoms with van der Waals surface area (Å²) >= 11 is 0. The van der Waals surface area contributed by atoms with E-state index < -0.39 is 0 Å². The van der Waals surface area contributed by atoms with Gasteiger partial charge < -0.3 is 14.8 Å². The Kier molecular flexibility index (Phi) is 3.24. The minimum Gasteiger partial charge on any atom is -0.497 e. The second kappa shape index (κ2) is 5.11. The summed E-state index contributed by atoms with van der Waals surface area (Å²) in [5.74, 6) is 5.55. The fraction of sp³-hybridized carbons (Fsp3) is 0.667. The third-order valence-corrected chi connectivity index (χ3v) is 5.96. The summed E-state index contributed by atoms with van der Waals surface area (Å²) in [5.41, 5.74) is 1.09. The minimum atomic E-state index is 0.624. The molecule has 0 saturated heterocycles. The van der Waals surface area contributed by atoms with Gasteiger partial charge in [0.1, 0.15) is 11.5 Å². The highest BCUT2D eigenvalue weighted by atomic mass is 16.5. The summed E-state index contributed by atoms with van der Waals surface area (Å²) in [6.45, 7) is 0. The van der Waals surface area contributed by atoms with Crippen LogP contribution in [0, 0.1) is 23.7 Å². The second-order valence-electron chi connectivity index (χ2n) is 7.17. The molecular formula is C18H25NO2. The molecule has 0 radical (unpaired) electrons. The van der Waals surface area contributed by atoms with Crippen LogP contribution in [0.1, 0.15) is 32.1 Å². The van der Waals surface area contributed by atoms with Gasteiger partial charge in [0.2, 0.25) is 0 Å². The van der Waals surface area contributed by atoms with Gasteiger partial charge in [-0.1, -0.05) is 0 Å². The molecule has 21 heavy (non-hydrogen) atoms. The predicted octanol–water partition coefficient (Wildman–Crippen LogP) is 3.94. The Hall–Kier alpha value is -1.38. The average molecular weight is 287 g/mol. The summed E-state index contributed by atoms with van der Waals surface area (Å²) < 4.78 is 10.9. The highest BCUT2D eigenvalue weighted by molar-refractivity contribution is 5.60. The maximum absolute atomic E-state index is 5.52. The van der Waals surface area contributed by atoms with Crippen LogP contribution in [0.15, 0.2) is 18.2 Å². The largest absolute Gasteiger partial charge is 0.497 e. The van der Waals surface area contributed by atoms with Gasteiger partial charge in [0.25, 0.3) is 0 Å². The molecule has 114 valence electrons. The topological polar surface area (TPSA) is 30.5 Å². The molecule has 4 bridgehead atoms. The molecule has 0 aromatic heterocycles. The van der Waals surface area contributed by atoms with Crippen molar-refractivity contribution in [3.63, 3.8) is 0 Å². The molecule has 5 rings (SSSR count). The Bertz CT molecular complexity index is 500. The summed E-state index contributed by atoms with van der Waals surface area (Å²) in [7, 11) is 3.46. The number of hydrogen-bond donors (Lipinski definition) is 1. The Labute approximate surface area is 127 Å². The van der Waals surface area contributed by atoms with Gasteiger partial charge in [-0.05, 0) is 67.9 Å². The molecule has 1 N–H and O–H groups in total. The maximum Gasteiger partial charge on any atom is 0.142 e. The summed E-state index contributed by atoms with van der Waals surface area (Å²) in [4.78, 5) is 0. The first-order valence-corrected chi connectivity index (χ1v) is 8.25. The quantitative estimate of drug-likeness (QED) is 0.910. The van der Waals surface area contributed by atoms with E-state index in [9.17, 15) is 0 Å². The van der Waals surface area contributed by atoms with Crippen LogP contribution < -0.4 is 14.8 Å². The van der Waals surface area contributed by atoms with Crippen molar-refractivity contribution in [2.24, 2.45) is 23.7 Å². The van der Waals surface area contributed by atoms with E-state index >= 15 is 0 Å². The van der Waals surface area contributed by atoms with Gasteiger partial charge in [-0.3, -0.25) is 0 Å². The number of ether oxygens (including phenoxy) is 2. The Morgan fingerprint density at radius 3 is 2.14 bits per heavy atom. The van der Waals surface area contributed by atoms with Gasteiger partial charge in [0.15, 0.2) is 0 Å². The van der Waals surface area contributed by atoms with Crippen LogP contribution in [0.3, 0.4) is 0 Å². The number of methoxy groups -OCH3 is 2. The molecule has 4 aliphatic rings. The third-order valence-electron chi connectivity index (χ3n) is 5.96. The molecule has 0 unspecified atom stereocenters. The number of anilines is 1. The van der Waals surface area contributed by atoms with E-state index in [2.05, 4.69) is 11.4 Å². The van der Waals surface area contributed by atoms with Gasteiger partial charge in [-0.2, -0.15) is 0 Å². The van der Waals surface area contributed by atoms with Crippen LogP contribution >= 0.6 is 0 Å². The van der Waals surface area contributed by atoms with E-state index in [0.29, 0.717) is 6.04 Å². The van der Waals surface area contributed by atoms with Gasteiger partial charge in [0.05, 0.1) is 19.9 Å². The zero-order valence-electron chi connectivity index (χ0n) is 13.0.